The molecule has 1 aliphatic rings. The molecular weight excluding hydrogens is 226 g/mol. The Hall–Kier alpha value is -1.55. The van der Waals surface area contributed by atoms with Gasteiger partial charge < -0.3 is 16.2 Å². The van der Waals surface area contributed by atoms with Crippen LogP contribution in [0.5, 0.6) is 0 Å². The van der Waals surface area contributed by atoms with Gasteiger partial charge in [0.15, 0.2) is 5.96 Å². The number of aliphatic imine (C=N–C) groups is 1. The van der Waals surface area contributed by atoms with Gasteiger partial charge in [0, 0.05) is 19.1 Å². The van der Waals surface area contributed by atoms with Crippen LogP contribution >= 0.6 is 0 Å². The minimum atomic E-state index is 0.113. The lowest BCUT2D eigenvalue weighted by molar-refractivity contribution is -0.0250. The molecule has 1 heterocycles. The van der Waals surface area contributed by atoms with Gasteiger partial charge in [0.05, 0.1) is 6.10 Å². The summed E-state index contributed by atoms with van der Waals surface area (Å²) < 4.78 is 5.90. The third-order valence-corrected chi connectivity index (χ3v) is 3.36. The van der Waals surface area contributed by atoms with Gasteiger partial charge in [-0.2, -0.15) is 0 Å². The first-order valence-corrected chi connectivity index (χ1v) is 6.40. The lowest BCUT2D eigenvalue weighted by atomic mass is 9.89. The highest BCUT2D eigenvalue weighted by molar-refractivity contribution is 5.75. The van der Waals surface area contributed by atoms with Gasteiger partial charge in [0.25, 0.3) is 0 Å². The number of hydrogen-bond acceptors (Lipinski definition) is 2. The van der Waals surface area contributed by atoms with Gasteiger partial charge in [-0.05, 0) is 25.3 Å². The highest BCUT2D eigenvalue weighted by Gasteiger charge is 2.27. The fourth-order valence-electron chi connectivity index (χ4n) is 2.38. The number of ether oxygens (including phenoxy) is 1. The molecule has 4 N–H and O–H groups in total. The Labute approximate surface area is 108 Å². The third-order valence-electron chi connectivity index (χ3n) is 3.36. The van der Waals surface area contributed by atoms with E-state index in [0.29, 0.717) is 12.5 Å². The number of rotatable bonds is 3. The van der Waals surface area contributed by atoms with E-state index in [0.717, 1.165) is 19.4 Å². The van der Waals surface area contributed by atoms with E-state index in [4.69, 9.17) is 16.2 Å². The second kappa shape index (κ2) is 5.87. The van der Waals surface area contributed by atoms with Crippen LogP contribution in [0.3, 0.4) is 0 Å². The second-order valence-electron chi connectivity index (χ2n) is 4.87. The molecule has 2 unspecified atom stereocenters. The molecule has 1 aliphatic heterocycles. The summed E-state index contributed by atoms with van der Waals surface area (Å²) in [6.07, 6.45) is 2.30. The highest BCUT2D eigenvalue weighted by Crippen LogP contribution is 2.33. The summed E-state index contributed by atoms with van der Waals surface area (Å²) in [5.41, 5.74) is 13.3. The van der Waals surface area contributed by atoms with Crippen LogP contribution in [-0.2, 0) is 4.74 Å². The summed E-state index contributed by atoms with van der Waals surface area (Å²) >= 11 is 0. The summed E-state index contributed by atoms with van der Waals surface area (Å²) in [6, 6.07) is 8.50. The molecule has 0 saturated carbocycles. The maximum Gasteiger partial charge on any atom is 0.185 e. The van der Waals surface area contributed by atoms with Gasteiger partial charge in [-0.1, -0.05) is 29.8 Å². The van der Waals surface area contributed by atoms with Crippen molar-refractivity contribution < 1.29 is 4.74 Å². The van der Waals surface area contributed by atoms with E-state index in [-0.39, 0.29) is 12.1 Å². The molecule has 0 aromatic heterocycles. The minimum Gasteiger partial charge on any atom is -0.373 e. The second-order valence-corrected chi connectivity index (χ2v) is 4.87. The topological polar surface area (TPSA) is 73.6 Å². The van der Waals surface area contributed by atoms with Crippen LogP contribution < -0.4 is 11.5 Å². The van der Waals surface area contributed by atoms with Crippen molar-refractivity contribution in [1.29, 1.82) is 0 Å². The maximum atomic E-state index is 5.90. The van der Waals surface area contributed by atoms with E-state index in [1.165, 1.54) is 11.1 Å². The average Bonchev–Trinajstić information content (AvgIpc) is 2.38. The zero-order valence-electron chi connectivity index (χ0n) is 10.8. The van der Waals surface area contributed by atoms with Crippen molar-refractivity contribution >= 4 is 5.96 Å². The van der Waals surface area contributed by atoms with Crippen LogP contribution in [0, 0.1) is 12.8 Å². The van der Waals surface area contributed by atoms with E-state index in [2.05, 4.69) is 36.2 Å². The Bertz CT molecular complexity index is 410. The summed E-state index contributed by atoms with van der Waals surface area (Å²) in [5, 5.41) is 0. The van der Waals surface area contributed by atoms with Crippen LogP contribution in [-0.4, -0.2) is 19.1 Å². The Morgan fingerprint density at radius 2 is 2.06 bits per heavy atom. The van der Waals surface area contributed by atoms with Gasteiger partial charge >= 0.3 is 0 Å². The van der Waals surface area contributed by atoms with Crippen molar-refractivity contribution in [2.75, 3.05) is 13.2 Å². The summed E-state index contributed by atoms with van der Waals surface area (Å²) in [4.78, 5) is 4.13. The molecule has 4 nitrogen and oxygen atoms in total. The molecule has 18 heavy (non-hydrogen) atoms. The first-order valence-electron chi connectivity index (χ1n) is 6.40. The van der Waals surface area contributed by atoms with Gasteiger partial charge in [0.2, 0.25) is 0 Å². The third kappa shape index (κ3) is 3.23. The smallest absolute Gasteiger partial charge is 0.185 e. The molecule has 0 bridgehead atoms. The number of guanidine groups is 1. The molecule has 0 aliphatic carbocycles. The van der Waals surface area contributed by atoms with Gasteiger partial charge in [-0.25, -0.2) is 0 Å². The van der Waals surface area contributed by atoms with Gasteiger partial charge in [-0.15, -0.1) is 0 Å². The van der Waals surface area contributed by atoms with Gasteiger partial charge in [-0.3, -0.25) is 4.99 Å². The standard InChI is InChI=1S/C14H21N3O/c1-10-4-6-11(7-5-10)13-12(3-2-8-18-13)9-17-14(15)16/h4-7,12-13H,2-3,8-9H2,1H3,(H4,15,16,17). The quantitative estimate of drug-likeness (QED) is 0.631. The van der Waals surface area contributed by atoms with Crippen molar-refractivity contribution in [3.8, 4) is 0 Å². The van der Waals surface area contributed by atoms with Gasteiger partial charge in [0.1, 0.15) is 0 Å². The van der Waals surface area contributed by atoms with Crippen LogP contribution in [0.2, 0.25) is 0 Å². The zero-order chi connectivity index (χ0) is 13.0. The zero-order valence-corrected chi connectivity index (χ0v) is 10.8. The minimum absolute atomic E-state index is 0.113. The van der Waals surface area contributed by atoms with E-state index in [1.807, 2.05) is 0 Å². The van der Waals surface area contributed by atoms with Crippen molar-refractivity contribution in [3.05, 3.63) is 35.4 Å². The predicted octanol–water partition coefficient (Wildman–Crippen LogP) is 1.74. The summed E-state index contributed by atoms with van der Waals surface area (Å²) in [7, 11) is 0. The summed E-state index contributed by atoms with van der Waals surface area (Å²) in [5.74, 6) is 0.520. The Morgan fingerprint density at radius 1 is 1.33 bits per heavy atom. The molecular formula is C14H21N3O. The molecule has 1 fully saturated rings. The summed E-state index contributed by atoms with van der Waals surface area (Å²) in [6.45, 7) is 3.54. The largest absolute Gasteiger partial charge is 0.373 e. The average molecular weight is 247 g/mol. The Morgan fingerprint density at radius 3 is 2.72 bits per heavy atom. The molecule has 2 rings (SSSR count). The highest BCUT2D eigenvalue weighted by atomic mass is 16.5. The lowest BCUT2D eigenvalue weighted by Crippen LogP contribution is -2.28. The molecule has 98 valence electrons. The van der Waals surface area contributed by atoms with Crippen LogP contribution in [0.1, 0.15) is 30.1 Å². The first kappa shape index (κ1) is 12.9. The lowest BCUT2D eigenvalue weighted by Gasteiger charge is -2.31. The molecule has 1 aromatic rings. The fraction of sp³-hybridized carbons (Fsp3) is 0.500. The van der Waals surface area contributed by atoms with Crippen LogP contribution in [0.4, 0.5) is 0 Å². The van der Waals surface area contributed by atoms with E-state index >= 15 is 0 Å². The normalized spacial score (nSPS) is 23.6. The molecule has 4 heteroatoms. The predicted molar refractivity (Wildman–Crippen MR) is 73.3 cm³/mol. The van der Waals surface area contributed by atoms with Crippen LogP contribution in [0.25, 0.3) is 0 Å². The number of nitrogens with zero attached hydrogens (tertiary/aromatic N) is 1. The van der Waals surface area contributed by atoms with Crippen molar-refractivity contribution in [2.24, 2.45) is 22.4 Å². The van der Waals surface area contributed by atoms with E-state index in [1.54, 1.807) is 0 Å². The van der Waals surface area contributed by atoms with Crippen molar-refractivity contribution in [3.63, 3.8) is 0 Å². The Kier molecular flexibility index (Phi) is 4.20. The van der Waals surface area contributed by atoms with E-state index < -0.39 is 0 Å². The van der Waals surface area contributed by atoms with E-state index in [9.17, 15) is 0 Å². The molecule has 0 amide bonds. The van der Waals surface area contributed by atoms with Crippen molar-refractivity contribution in [2.45, 2.75) is 25.9 Å². The van der Waals surface area contributed by atoms with Crippen molar-refractivity contribution in [1.82, 2.24) is 0 Å². The molecule has 0 radical (unpaired) electrons. The maximum absolute atomic E-state index is 5.90. The molecule has 1 saturated heterocycles. The van der Waals surface area contributed by atoms with Crippen LogP contribution in [0.15, 0.2) is 29.3 Å². The SMILES string of the molecule is Cc1ccc(C2OCCCC2CN=C(N)N)cc1. The number of hydrogen-bond donors (Lipinski definition) is 2. The number of aryl methyl sites for hydroxylation is 1. The molecule has 1 aromatic carbocycles. The Balaban J connectivity index is 2.12. The molecule has 0 spiro atoms. The monoisotopic (exact) mass is 247 g/mol. The number of benzene rings is 1. The molecule has 2 atom stereocenters. The number of nitrogens with two attached hydrogens (primary N) is 2. The first-order chi connectivity index (χ1) is 8.66. The fourth-order valence-corrected chi connectivity index (χ4v) is 2.38.